The van der Waals surface area contributed by atoms with Gasteiger partial charge in [-0.05, 0) is 0 Å². The second-order valence-corrected chi connectivity index (χ2v) is 1.57. The molecule has 0 aromatic carbocycles. The largest absolute Gasteiger partial charge is 2.00 e. The Bertz CT molecular complexity index is 20.1. The van der Waals surface area contributed by atoms with Crippen LogP contribution in [0.3, 0.4) is 0 Å². The van der Waals surface area contributed by atoms with Gasteiger partial charge >= 0.3 is 23.1 Å². The van der Waals surface area contributed by atoms with E-state index in [1.54, 1.807) is 0 Å². The fourth-order valence-corrected chi connectivity index (χ4v) is 0.722. The van der Waals surface area contributed by atoms with Gasteiger partial charge in [-0.1, -0.05) is 12.8 Å². The summed E-state index contributed by atoms with van der Waals surface area (Å²) in [6.07, 6.45) is 8.00. The quantitative estimate of drug-likeness (QED) is 0.405. The van der Waals surface area contributed by atoms with Gasteiger partial charge in [-0.25, -0.2) is 0 Å². The second-order valence-electron chi connectivity index (χ2n) is 1.57. The van der Waals surface area contributed by atoms with Gasteiger partial charge in [0.15, 0.2) is 0 Å². The summed E-state index contributed by atoms with van der Waals surface area (Å²) in [5, 5.41) is 0. The maximum Gasteiger partial charge on any atom is 2.00 e. The molecule has 1 fully saturated rings. The molecule has 0 N–H and O–H groups in total. The first-order chi connectivity index (χ1) is 2.50. The van der Waals surface area contributed by atoms with Crippen LogP contribution in [0, 0.1) is 13.8 Å². The van der Waals surface area contributed by atoms with Gasteiger partial charge in [0.05, 0.1) is 0 Å². The van der Waals surface area contributed by atoms with E-state index in [0.717, 1.165) is 0 Å². The first kappa shape index (κ1) is 16.1. The smallest absolute Gasteiger partial charge is 0.358 e. The van der Waals surface area contributed by atoms with E-state index in [1.807, 2.05) is 0 Å². The summed E-state index contributed by atoms with van der Waals surface area (Å²) < 4.78 is 0. The molecule has 0 aromatic heterocycles. The molecule has 8 heavy (non-hydrogen) atoms. The van der Waals surface area contributed by atoms with E-state index in [0.29, 0.717) is 0 Å². The third-order valence-electron chi connectivity index (χ3n) is 1.07. The zero-order valence-electron chi connectivity index (χ0n) is 5.52. The Balaban J connectivity index is -0.0000000833. The number of hydrogen-bond acceptors (Lipinski definition) is 0. The maximum atomic E-state index is 2.36. The molecule has 1 saturated carbocycles. The van der Waals surface area contributed by atoms with Crippen LogP contribution in [0.15, 0.2) is 0 Å². The van der Waals surface area contributed by atoms with Gasteiger partial charge in [0, 0.05) is 0 Å². The van der Waals surface area contributed by atoms with Gasteiger partial charge in [-0.3, -0.25) is 0 Å². The van der Waals surface area contributed by atoms with Crippen LogP contribution >= 0.6 is 17.0 Å². The van der Waals surface area contributed by atoms with Crippen LogP contribution in [0.4, 0.5) is 0 Å². The Morgan fingerprint density at radius 3 is 1.50 bits per heavy atom. The summed E-state index contributed by atoms with van der Waals surface area (Å²) >= 11 is 0. The van der Waals surface area contributed by atoms with Gasteiger partial charge in [0.25, 0.3) is 0 Å². The van der Waals surface area contributed by atoms with E-state index in [-0.39, 0.29) is 47.5 Å². The third kappa shape index (κ3) is 7.25. The van der Waals surface area contributed by atoms with Gasteiger partial charge in [-0.2, -0.15) is 12.8 Å². The van der Waals surface area contributed by atoms with Crippen LogP contribution in [0.2, 0.25) is 0 Å². The molecule has 0 unspecified atom stereocenters. The van der Waals surface area contributed by atoms with Gasteiger partial charge in [0.1, 0.15) is 0 Å². The summed E-state index contributed by atoms with van der Waals surface area (Å²) in [6, 6.07) is 0. The molecule has 0 aromatic rings. The van der Waals surface area contributed by atoms with Crippen molar-refractivity contribution in [2.24, 2.45) is 0 Å². The molecular formula is C6H13BrMg. The fraction of sp³-hybridized carbons (Fsp3) is 0.667. The summed E-state index contributed by atoms with van der Waals surface area (Å²) in [4.78, 5) is 0. The Hall–Kier alpha value is 1.25. The average molecular weight is 189 g/mol. The molecule has 0 heterocycles. The fourth-order valence-electron chi connectivity index (χ4n) is 0.722. The van der Waals surface area contributed by atoms with Crippen molar-refractivity contribution in [3.05, 3.63) is 13.8 Å². The Labute approximate surface area is 79.3 Å². The van der Waals surface area contributed by atoms with Crippen LogP contribution in [-0.2, 0) is 0 Å². The zero-order chi connectivity index (χ0) is 3.54. The normalized spacial score (nSPS) is 15.0. The van der Waals surface area contributed by atoms with Gasteiger partial charge in [0.2, 0.25) is 0 Å². The average Bonchev–Trinajstić information content (AvgIpc) is 1.76. The predicted molar refractivity (Wildman–Crippen MR) is 45.3 cm³/mol. The molecule has 0 atom stereocenters. The van der Waals surface area contributed by atoms with E-state index in [9.17, 15) is 0 Å². The van der Waals surface area contributed by atoms with E-state index < -0.39 is 0 Å². The van der Waals surface area contributed by atoms with Crippen LogP contribution < -0.4 is 0 Å². The SMILES string of the molecule is Br.[CH-]1CCCC1.[CH3-].[Mg+2]. The third-order valence-corrected chi connectivity index (χ3v) is 1.07. The van der Waals surface area contributed by atoms with Crippen molar-refractivity contribution in [2.45, 2.75) is 25.7 Å². The molecular weight excluding hydrogens is 176 g/mol. The molecule has 0 bridgehead atoms. The maximum absolute atomic E-state index is 2.36. The minimum absolute atomic E-state index is 0. The van der Waals surface area contributed by atoms with Gasteiger partial charge < -0.3 is 13.8 Å². The number of hydrogen-bond donors (Lipinski definition) is 0. The number of halogens is 1. The molecule has 1 aliphatic rings. The Morgan fingerprint density at radius 2 is 1.38 bits per heavy atom. The van der Waals surface area contributed by atoms with E-state index in [4.69, 9.17) is 0 Å². The first-order valence-electron chi connectivity index (χ1n) is 2.32. The zero-order valence-corrected chi connectivity index (χ0v) is 8.65. The van der Waals surface area contributed by atoms with E-state index >= 15 is 0 Å². The molecule has 1 rings (SSSR count). The molecule has 0 amide bonds. The van der Waals surface area contributed by atoms with Crippen molar-refractivity contribution >= 4 is 40.0 Å². The predicted octanol–water partition coefficient (Wildman–Crippen LogP) is 2.41. The van der Waals surface area contributed by atoms with Crippen LogP contribution in [0.1, 0.15) is 25.7 Å². The van der Waals surface area contributed by atoms with Crippen molar-refractivity contribution < 1.29 is 0 Å². The molecule has 0 aliphatic heterocycles. The summed E-state index contributed by atoms with van der Waals surface area (Å²) in [6.45, 7) is 0. The topological polar surface area (TPSA) is 0 Å². The standard InChI is InChI=1S/C5H9.CH3.BrH.Mg/c1-2-4-5-3-1;;;/h1H,2-5H2;1H3;1H;/q2*-1;;+2. The van der Waals surface area contributed by atoms with Gasteiger partial charge in [-0.15, -0.1) is 17.0 Å². The molecule has 1 aliphatic carbocycles. The van der Waals surface area contributed by atoms with Crippen molar-refractivity contribution in [3.8, 4) is 0 Å². The van der Waals surface area contributed by atoms with Crippen molar-refractivity contribution in [1.29, 1.82) is 0 Å². The molecule has 0 nitrogen and oxygen atoms in total. The molecule has 0 spiro atoms. The minimum atomic E-state index is 0. The molecule has 0 saturated heterocycles. The number of rotatable bonds is 0. The minimum Gasteiger partial charge on any atom is -0.358 e. The molecule has 46 valence electrons. The van der Waals surface area contributed by atoms with Crippen molar-refractivity contribution in [1.82, 2.24) is 0 Å². The monoisotopic (exact) mass is 188 g/mol. The first-order valence-corrected chi connectivity index (χ1v) is 2.32. The van der Waals surface area contributed by atoms with E-state index in [2.05, 4.69) is 6.42 Å². The van der Waals surface area contributed by atoms with Crippen LogP contribution in [0.25, 0.3) is 0 Å². The summed E-state index contributed by atoms with van der Waals surface area (Å²) in [5.74, 6) is 0. The Morgan fingerprint density at radius 1 is 1.00 bits per heavy atom. The van der Waals surface area contributed by atoms with Crippen molar-refractivity contribution in [2.75, 3.05) is 0 Å². The second kappa shape index (κ2) is 11.1. The van der Waals surface area contributed by atoms with E-state index in [1.165, 1.54) is 25.7 Å². The summed E-state index contributed by atoms with van der Waals surface area (Å²) in [5.41, 5.74) is 0. The van der Waals surface area contributed by atoms with Crippen LogP contribution in [-0.4, -0.2) is 23.1 Å². The molecule has 2 heteroatoms. The van der Waals surface area contributed by atoms with Crippen molar-refractivity contribution in [3.63, 3.8) is 0 Å². The molecule has 0 radical (unpaired) electrons. The van der Waals surface area contributed by atoms with Crippen LogP contribution in [0.5, 0.6) is 0 Å². The summed E-state index contributed by atoms with van der Waals surface area (Å²) in [7, 11) is 0. The Kier molecular flexibility index (Phi) is 22.4.